The molecule has 2 heterocycles. The second-order valence-corrected chi connectivity index (χ2v) is 15.3. The molecule has 0 radical (unpaired) electrons. The molecule has 5 nitrogen and oxygen atoms in total. The van der Waals surface area contributed by atoms with Crippen LogP contribution in [0.15, 0.2) is 20.3 Å². The Kier molecular flexibility index (Phi) is 34.4. The molecule has 4 aliphatic rings. The summed E-state index contributed by atoms with van der Waals surface area (Å²) in [6.45, 7) is 0. The van der Waals surface area contributed by atoms with E-state index >= 15 is 0 Å². The van der Waals surface area contributed by atoms with Crippen molar-refractivity contribution in [2.24, 2.45) is 5.92 Å². The number of aliphatic carboxylic acids is 1. The molecule has 11 heteroatoms. The van der Waals surface area contributed by atoms with Gasteiger partial charge in [0.05, 0.1) is 6.42 Å². The third kappa shape index (κ3) is 20.8. The molecule has 0 aromatic carbocycles. The molecular weight excluding hydrogens is 728 g/mol. The van der Waals surface area contributed by atoms with Crippen molar-refractivity contribution in [1.29, 1.82) is 0 Å². The van der Waals surface area contributed by atoms with Crippen molar-refractivity contribution in [2.45, 2.75) is 134 Å². The molecule has 2 aromatic rings. The number of hydrogen-bond donors (Lipinski definition) is 1. The summed E-state index contributed by atoms with van der Waals surface area (Å²) in [5.74, 6) is 0.887. The van der Waals surface area contributed by atoms with Gasteiger partial charge in [0, 0.05) is 32.9 Å². The predicted octanol–water partition coefficient (Wildman–Crippen LogP) is 11.0. The van der Waals surface area contributed by atoms with Gasteiger partial charge in [-0.05, 0) is 50.4 Å². The van der Waals surface area contributed by atoms with Gasteiger partial charge in [0.2, 0.25) is 0 Å². The van der Waals surface area contributed by atoms with Crippen molar-refractivity contribution in [2.75, 3.05) is 0 Å². The summed E-state index contributed by atoms with van der Waals surface area (Å²) in [5.41, 5.74) is 0. The van der Waals surface area contributed by atoms with E-state index in [2.05, 4.69) is 0 Å². The molecule has 1 N–H and O–H groups in total. The van der Waals surface area contributed by atoms with Crippen LogP contribution in [-0.4, -0.2) is 16.9 Å². The largest absolute Gasteiger partial charge is 2.00 e. The number of carbonyl (C=O) groups is 2. The maximum atomic E-state index is 11.3. The minimum Gasteiger partial charge on any atom is -0.481 e. The van der Waals surface area contributed by atoms with Gasteiger partial charge in [-0.1, -0.05) is 116 Å². The van der Waals surface area contributed by atoms with Crippen LogP contribution in [0.4, 0.5) is 0 Å². The first kappa shape index (κ1) is 51.7. The number of ketones is 1. The number of Topliss-reactive ketones (excluding diaryl/α,β-unsaturated/α-hetero) is 1. The normalized spacial score (nSPS) is 16.9. The third-order valence-corrected chi connectivity index (χ3v) is 12.3. The van der Waals surface area contributed by atoms with Crippen molar-refractivity contribution in [3.05, 3.63) is 67.9 Å². The SMILES string of the molecule is C1CCCC1.O=C(O)CCC(=O)C1CCCC1.O=c1scc(C2CCCC2)s1.O=c1scc(C2CCCC2)s1.[CH3-].[CH3-].[CH3-].[CH3-].[Fe+2].[Fe+2]. The molecule has 4 saturated carbocycles. The Labute approximate surface area is 311 Å². The van der Waals surface area contributed by atoms with Crippen LogP contribution in [0.1, 0.15) is 144 Å². The Hall–Kier alpha value is -0.121. The number of carbonyl (C=O) groups excluding carboxylic acids is 1. The topological polar surface area (TPSA) is 88.5 Å². The van der Waals surface area contributed by atoms with Crippen LogP contribution in [0.2, 0.25) is 0 Å². The summed E-state index contributed by atoms with van der Waals surface area (Å²) in [6.07, 6.45) is 22.5. The van der Waals surface area contributed by atoms with Crippen molar-refractivity contribution in [1.82, 2.24) is 0 Å². The first-order chi connectivity index (χ1) is 18.9. The fourth-order valence-corrected chi connectivity index (χ4v) is 9.77. The van der Waals surface area contributed by atoms with Crippen molar-refractivity contribution in [3.8, 4) is 0 Å². The zero-order valence-electron chi connectivity index (χ0n) is 27.7. The summed E-state index contributed by atoms with van der Waals surface area (Å²) < 4.78 is 0.513. The Morgan fingerprint density at radius 1 is 0.578 bits per heavy atom. The van der Waals surface area contributed by atoms with E-state index < -0.39 is 5.97 Å². The van der Waals surface area contributed by atoms with E-state index in [1.807, 2.05) is 10.8 Å². The number of carboxylic acids is 1. The van der Waals surface area contributed by atoms with Gasteiger partial charge in [0.15, 0.2) is 0 Å². The van der Waals surface area contributed by atoms with Crippen molar-refractivity contribution >= 4 is 57.1 Å². The zero-order chi connectivity index (χ0) is 27.9. The molecule has 0 saturated heterocycles. The fraction of sp³-hybridized carbons (Fsp3) is 0.647. The van der Waals surface area contributed by atoms with Gasteiger partial charge >= 0.3 is 40.1 Å². The third-order valence-electron chi connectivity index (χ3n) is 8.11. The summed E-state index contributed by atoms with van der Waals surface area (Å²) in [7, 11) is 0. The standard InChI is InChI=1S/C9H14O3.2C8H10OS2.C5H10.4CH3.2Fe/c10-8(5-6-9(11)12)7-3-1-2-4-7;2*9-8-10-5-7(11-8)6-3-1-2-4-6;1-2-4-5-3-1;;;;;;/h7H,1-6H2,(H,11,12);2*5-6H,1-4H2;1-5H2;4*1H3;;/q;;;;4*-1;2*+2. The van der Waals surface area contributed by atoms with Gasteiger partial charge in [0.1, 0.15) is 5.78 Å². The maximum Gasteiger partial charge on any atom is 2.00 e. The van der Waals surface area contributed by atoms with Gasteiger partial charge in [-0.15, -0.1) is 0 Å². The number of hydrogen-bond acceptors (Lipinski definition) is 8. The van der Waals surface area contributed by atoms with Crippen LogP contribution >= 0.6 is 45.3 Å². The molecule has 4 fully saturated rings. The second kappa shape index (κ2) is 30.0. The van der Waals surface area contributed by atoms with Crippen molar-refractivity contribution < 1.29 is 48.8 Å². The molecule has 45 heavy (non-hydrogen) atoms. The number of rotatable bonds is 6. The summed E-state index contributed by atoms with van der Waals surface area (Å²) in [5, 5.41) is 12.4. The fourth-order valence-electron chi connectivity index (χ4n) is 5.85. The molecule has 0 atom stereocenters. The van der Waals surface area contributed by atoms with Gasteiger partial charge < -0.3 is 34.8 Å². The quantitative estimate of drug-likeness (QED) is 0.233. The van der Waals surface area contributed by atoms with E-state index in [1.54, 1.807) is 0 Å². The molecule has 0 unspecified atom stereocenters. The monoisotopic (exact) mass is 784 g/mol. The first-order valence-electron chi connectivity index (χ1n) is 14.8. The van der Waals surface area contributed by atoms with E-state index in [-0.39, 0.29) is 96.5 Å². The van der Waals surface area contributed by atoms with E-state index in [1.165, 1.54) is 139 Å². The van der Waals surface area contributed by atoms with E-state index in [0.717, 1.165) is 37.5 Å². The minimum absolute atomic E-state index is 0. The van der Waals surface area contributed by atoms with E-state index in [0.29, 0.717) is 0 Å². The van der Waals surface area contributed by atoms with E-state index in [9.17, 15) is 19.2 Å². The first-order valence-corrected chi connectivity index (χ1v) is 18.2. The smallest absolute Gasteiger partial charge is 0.481 e. The summed E-state index contributed by atoms with van der Waals surface area (Å²) >= 11 is 5.60. The molecular formula is C34H56Fe2O5S4. The van der Waals surface area contributed by atoms with Crippen LogP contribution in [-0.2, 0) is 43.7 Å². The average Bonchev–Trinajstić information content (AvgIpc) is 3.74. The van der Waals surface area contributed by atoms with Crippen LogP contribution in [0.3, 0.4) is 0 Å². The molecule has 0 aliphatic heterocycles. The van der Waals surface area contributed by atoms with Gasteiger partial charge in [-0.25, -0.2) is 0 Å². The van der Waals surface area contributed by atoms with Crippen molar-refractivity contribution in [3.63, 3.8) is 0 Å². The van der Waals surface area contributed by atoms with Gasteiger partial charge in [0.25, 0.3) is 8.11 Å². The molecule has 0 amide bonds. The Balaban J connectivity index is -0.000000245. The molecule has 0 spiro atoms. The summed E-state index contributed by atoms with van der Waals surface area (Å²) in [6, 6.07) is 0. The zero-order valence-corrected chi connectivity index (χ0v) is 33.2. The molecule has 262 valence electrons. The Morgan fingerprint density at radius 2 is 0.911 bits per heavy atom. The molecule has 2 aromatic heterocycles. The van der Waals surface area contributed by atoms with Crippen LogP contribution < -0.4 is 8.11 Å². The van der Waals surface area contributed by atoms with E-state index in [4.69, 9.17) is 5.11 Å². The Morgan fingerprint density at radius 3 is 1.20 bits per heavy atom. The average molecular weight is 785 g/mol. The molecule has 4 aliphatic carbocycles. The van der Waals surface area contributed by atoms with Gasteiger partial charge in [-0.3, -0.25) is 19.2 Å². The predicted molar refractivity (Wildman–Crippen MR) is 192 cm³/mol. The Bertz CT molecular complexity index is 1020. The summed E-state index contributed by atoms with van der Waals surface area (Å²) in [4.78, 5) is 45.9. The molecule has 6 rings (SSSR count). The second-order valence-electron chi connectivity index (χ2n) is 11.1. The van der Waals surface area contributed by atoms with Crippen LogP contribution in [0, 0.1) is 35.6 Å². The maximum absolute atomic E-state index is 11.3. The molecule has 0 bridgehead atoms. The van der Waals surface area contributed by atoms with Gasteiger partial charge in [-0.2, -0.15) is 0 Å². The van der Waals surface area contributed by atoms with Crippen LogP contribution in [0.5, 0.6) is 0 Å². The minimum atomic E-state index is -0.874. The number of carboxylic acid groups (broad SMARTS) is 1. The van der Waals surface area contributed by atoms with Crippen LogP contribution in [0.25, 0.3) is 0 Å².